The number of halogens is 3. The van der Waals surface area contributed by atoms with Gasteiger partial charge in [0.25, 0.3) is 5.91 Å². The Morgan fingerprint density at radius 3 is 2.55 bits per heavy atom. The van der Waals surface area contributed by atoms with Gasteiger partial charge in [0.2, 0.25) is 0 Å². The van der Waals surface area contributed by atoms with Gasteiger partial charge in [-0.2, -0.15) is 13.2 Å². The zero-order chi connectivity index (χ0) is 21.0. The Kier molecular flexibility index (Phi) is 5.81. The van der Waals surface area contributed by atoms with Gasteiger partial charge < -0.3 is 10.6 Å². The molecule has 1 amide bonds. The highest BCUT2D eigenvalue weighted by atomic mass is 19.4. The summed E-state index contributed by atoms with van der Waals surface area (Å²) in [6, 6.07) is 6.39. The summed E-state index contributed by atoms with van der Waals surface area (Å²) in [5, 5.41) is 5.49. The number of aryl methyl sites for hydroxylation is 1. The monoisotopic (exact) mass is 404 g/mol. The molecular weight excluding hydrogens is 385 g/mol. The Labute approximate surface area is 165 Å². The highest BCUT2D eigenvalue weighted by molar-refractivity contribution is 5.95. The molecule has 1 aromatic carbocycles. The molecule has 2 heterocycles. The van der Waals surface area contributed by atoms with Crippen LogP contribution in [0.5, 0.6) is 0 Å². The van der Waals surface area contributed by atoms with Crippen molar-refractivity contribution in [3.05, 3.63) is 65.5 Å². The zero-order valence-corrected chi connectivity index (χ0v) is 15.8. The van der Waals surface area contributed by atoms with E-state index in [1.165, 1.54) is 18.5 Å². The Morgan fingerprint density at radius 2 is 1.86 bits per heavy atom. The van der Waals surface area contributed by atoms with Crippen molar-refractivity contribution in [3.63, 3.8) is 0 Å². The third-order valence-electron chi connectivity index (χ3n) is 4.35. The lowest BCUT2D eigenvalue weighted by Gasteiger charge is -2.13. The van der Waals surface area contributed by atoms with Gasteiger partial charge in [-0.25, -0.2) is 15.0 Å². The van der Waals surface area contributed by atoms with Crippen molar-refractivity contribution in [2.24, 2.45) is 0 Å². The highest BCUT2D eigenvalue weighted by Crippen LogP contribution is 2.31. The van der Waals surface area contributed by atoms with E-state index in [4.69, 9.17) is 0 Å². The first-order chi connectivity index (χ1) is 13.8. The molecule has 7 nitrogen and oxygen atoms in total. The number of carbonyl (C=O) groups is 1. The number of rotatable bonds is 6. The van der Waals surface area contributed by atoms with E-state index in [2.05, 4.69) is 25.6 Å². The maximum absolute atomic E-state index is 13.0. The van der Waals surface area contributed by atoms with E-state index in [1.807, 2.05) is 18.4 Å². The smallest absolute Gasteiger partial charge is 0.368 e. The van der Waals surface area contributed by atoms with E-state index < -0.39 is 23.2 Å². The normalized spacial score (nSPS) is 11.3. The maximum Gasteiger partial charge on any atom is 0.417 e. The molecule has 2 aromatic heterocycles. The third-order valence-corrected chi connectivity index (χ3v) is 4.35. The number of benzene rings is 1. The van der Waals surface area contributed by atoms with Crippen LogP contribution in [0.4, 0.5) is 19.0 Å². The predicted molar refractivity (Wildman–Crippen MR) is 101 cm³/mol. The van der Waals surface area contributed by atoms with E-state index in [-0.39, 0.29) is 13.1 Å². The van der Waals surface area contributed by atoms with E-state index in [1.54, 1.807) is 12.4 Å². The molecular formula is C19H19F3N6O. The second-order valence-corrected chi connectivity index (χ2v) is 6.27. The van der Waals surface area contributed by atoms with Crippen LogP contribution in [-0.2, 0) is 6.18 Å². The standard InChI is InChI=1S/C19H19F3N6O/c1-12-13(2)28(11-27-12)17-9-16(25-10-26-17)23-7-8-24-18(29)14-5-3-4-6-15(14)19(20,21)22/h3-6,9-11H,7-8H2,1-2H3,(H,24,29)(H,23,25,26). The second kappa shape index (κ2) is 8.29. The molecule has 152 valence electrons. The number of hydrogen-bond donors (Lipinski definition) is 2. The molecule has 10 heteroatoms. The molecule has 0 aliphatic heterocycles. The topological polar surface area (TPSA) is 84.7 Å². The van der Waals surface area contributed by atoms with Crippen LogP contribution in [0.2, 0.25) is 0 Å². The largest absolute Gasteiger partial charge is 0.417 e. The average Bonchev–Trinajstić information content (AvgIpc) is 3.03. The number of hydrogen-bond acceptors (Lipinski definition) is 5. The van der Waals surface area contributed by atoms with Gasteiger partial charge in [-0.05, 0) is 26.0 Å². The Morgan fingerprint density at radius 1 is 1.10 bits per heavy atom. The zero-order valence-electron chi connectivity index (χ0n) is 15.8. The Hall–Kier alpha value is -3.43. The number of amides is 1. The summed E-state index contributed by atoms with van der Waals surface area (Å²) >= 11 is 0. The van der Waals surface area contributed by atoms with E-state index in [0.29, 0.717) is 11.6 Å². The van der Waals surface area contributed by atoms with Crippen LogP contribution < -0.4 is 10.6 Å². The van der Waals surface area contributed by atoms with Crippen molar-refractivity contribution in [1.29, 1.82) is 0 Å². The molecule has 29 heavy (non-hydrogen) atoms. The fraction of sp³-hybridized carbons (Fsp3) is 0.263. The Balaban J connectivity index is 1.59. The molecule has 2 N–H and O–H groups in total. The molecule has 0 aliphatic rings. The summed E-state index contributed by atoms with van der Waals surface area (Å²) in [6.45, 7) is 4.21. The van der Waals surface area contributed by atoms with Gasteiger partial charge in [0.15, 0.2) is 0 Å². The molecule has 3 rings (SSSR count). The lowest BCUT2D eigenvalue weighted by molar-refractivity contribution is -0.137. The van der Waals surface area contributed by atoms with E-state index in [9.17, 15) is 18.0 Å². The first-order valence-electron chi connectivity index (χ1n) is 8.78. The minimum Gasteiger partial charge on any atom is -0.368 e. The van der Waals surface area contributed by atoms with Gasteiger partial charge in [-0.15, -0.1) is 0 Å². The third kappa shape index (κ3) is 4.71. The van der Waals surface area contributed by atoms with Crippen LogP contribution in [-0.4, -0.2) is 38.5 Å². The van der Waals surface area contributed by atoms with Crippen LogP contribution in [0.15, 0.2) is 43.0 Å². The summed E-state index contributed by atoms with van der Waals surface area (Å²) in [4.78, 5) is 24.7. The highest BCUT2D eigenvalue weighted by Gasteiger charge is 2.34. The fourth-order valence-electron chi connectivity index (χ4n) is 2.70. The molecule has 0 radical (unpaired) electrons. The van der Waals surface area contributed by atoms with E-state index in [0.717, 1.165) is 23.5 Å². The summed E-state index contributed by atoms with van der Waals surface area (Å²) in [5.74, 6) is 0.363. The molecule has 0 saturated heterocycles. The first kappa shape index (κ1) is 20.3. The van der Waals surface area contributed by atoms with Gasteiger partial charge in [0, 0.05) is 24.8 Å². The number of aromatic nitrogens is 4. The number of carbonyl (C=O) groups excluding carboxylic acids is 1. The minimum atomic E-state index is -4.59. The van der Waals surface area contributed by atoms with Gasteiger partial charge in [0.1, 0.15) is 24.3 Å². The maximum atomic E-state index is 13.0. The van der Waals surface area contributed by atoms with Crippen LogP contribution in [0, 0.1) is 13.8 Å². The summed E-state index contributed by atoms with van der Waals surface area (Å²) in [6.07, 6.45) is -1.53. The molecule has 0 unspecified atom stereocenters. The number of imidazole rings is 1. The van der Waals surface area contributed by atoms with Gasteiger partial charge in [-0.1, -0.05) is 12.1 Å². The van der Waals surface area contributed by atoms with Crippen molar-refractivity contribution in [2.75, 3.05) is 18.4 Å². The molecule has 0 spiro atoms. The number of alkyl halides is 3. The van der Waals surface area contributed by atoms with Crippen molar-refractivity contribution in [3.8, 4) is 5.82 Å². The number of nitrogens with zero attached hydrogens (tertiary/aromatic N) is 4. The molecule has 3 aromatic rings. The lowest BCUT2D eigenvalue weighted by Crippen LogP contribution is -2.30. The van der Waals surface area contributed by atoms with Crippen molar-refractivity contribution in [2.45, 2.75) is 20.0 Å². The number of anilines is 1. The molecule has 0 bridgehead atoms. The van der Waals surface area contributed by atoms with Gasteiger partial charge in [-0.3, -0.25) is 9.36 Å². The second-order valence-electron chi connectivity index (χ2n) is 6.27. The van der Waals surface area contributed by atoms with Gasteiger partial charge in [0.05, 0.1) is 16.8 Å². The van der Waals surface area contributed by atoms with Crippen LogP contribution in [0.3, 0.4) is 0 Å². The summed E-state index contributed by atoms with van der Waals surface area (Å²) in [7, 11) is 0. The quantitative estimate of drug-likeness (QED) is 0.617. The average molecular weight is 404 g/mol. The first-order valence-corrected chi connectivity index (χ1v) is 8.78. The van der Waals surface area contributed by atoms with Crippen molar-refractivity contribution in [1.82, 2.24) is 24.8 Å². The van der Waals surface area contributed by atoms with Crippen LogP contribution >= 0.6 is 0 Å². The van der Waals surface area contributed by atoms with Crippen LogP contribution in [0.1, 0.15) is 27.3 Å². The number of nitrogens with one attached hydrogen (secondary N) is 2. The molecule has 0 saturated carbocycles. The van der Waals surface area contributed by atoms with Crippen molar-refractivity contribution < 1.29 is 18.0 Å². The molecule has 0 aliphatic carbocycles. The summed E-state index contributed by atoms with van der Waals surface area (Å²) < 4.78 is 40.9. The van der Waals surface area contributed by atoms with Gasteiger partial charge >= 0.3 is 6.18 Å². The molecule has 0 fully saturated rings. The molecule has 0 atom stereocenters. The van der Waals surface area contributed by atoms with Crippen LogP contribution in [0.25, 0.3) is 5.82 Å². The van der Waals surface area contributed by atoms with E-state index >= 15 is 0 Å². The fourth-order valence-corrected chi connectivity index (χ4v) is 2.70. The minimum absolute atomic E-state index is 0.119. The lowest BCUT2D eigenvalue weighted by atomic mass is 10.1. The van der Waals surface area contributed by atoms with Crippen molar-refractivity contribution >= 4 is 11.7 Å². The summed E-state index contributed by atoms with van der Waals surface area (Å²) in [5.41, 5.74) is 0.470. The Bertz CT molecular complexity index is 1020. The predicted octanol–water partition coefficient (Wildman–Crippen LogP) is 3.14. The SMILES string of the molecule is Cc1ncn(-c2cc(NCCNC(=O)c3ccccc3C(F)(F)F)ncn2)c1C.